The molecule has 0 heterocycles. The molecule has 0 fully saturated rings. The molecule has 0 aromatic carbocycles. The number of aliphatic hydroxyl groups excluding tert-OH is 1. The van der Waals surface area contributed by atoms with Gasteiger partial charge in [0.1, 0.15) is 19.3 Å². The van der Waals surface area contributed by atoms with Crippen LogP contribution in [0.3, 0.4) is 0 Å². The van der Waals surface area contributed by atoms with E-state index in [1.54, 1.807) is 0 Å². The smallest absolute Gasteiger partial charge is 0.462 e. The van der Waals surface area contributed by atoms with Crippen molar-refractivity contribution in [3.8, 4) is 0 Å². The molecule has 0 aliphatic heterocycles. The van der Waals surface area contributed by atoms with E-state index in [0.29, 0.717) is 31.6 Å². The van der Waals surface area contributed by atoms with E-state index in [0.717, 1.165) is 120 Å². The third kappa shape index (κ3) is 67.3. The van der Waals surface area contributed by atoms with Gasteiger partial charge in [-0.25, -0.2) is 9.13 Å². The zero-order valence-corrected chi connectivity index (χ0v) is 63.4. The second-order valence-electron chi connectivity index (χ2n) is 28.7. The van der Waals surface area contributed by atoms with Crippen LogP contribution in [0.25, 0.3) is 0 Å². The molecule has 3 N–H and O–H groups in total. The Morgan fingerprint density at radius 2 is 0.511 bits per heavy atom. The minimum atomic E-state index is -4.96. The van der Waals surface area contributed by atoms with E-state index in [-0.39, 0.29) is 25.7 Å². The van der Waals surface area contributed by atoms with Crippen LogP contribution in [-0.2, 0) is 65.4 Å². The zero-order valence-electron chi connectivity index (χ0n) is 61.6. The van der Waals surface area contributed by atoms with Gasteiger partial charge in [-0.3, -0.25) is 37.3 Å². The van der Waals surface area contributed by atoms with E-state index < -0.39 is 97.5 Å². The van der Waals surface area contributed by atoms with Crippen molar-refractivity contribution in [3.05, 3.63) is 0 Å². The quantitative estimate of drug-likeness (QED) is 0.0222. The molecule has 0 aromatic rings. The number of unbranched alkanes of at least 4 members (excludes halogenated alkanes) is 37. The highest BCUT2D eigenvalue weighted by Gasteiger charge is 2.30. The number of carbonyl (C=O) groups excluding carboxylic acids is 4. The number of aliphatic hydroxyl groups is 1. The van der Waals surface area contributed by atoms with Gasteiger partial charge in [0.05, 0.1) is 26.4 Å². The fourth-order valence-electron chi connectivity index (χ4n) is 11.3. The summed E-state index contributed by atoms with van der Waals surface area (Å²) in [5.74, 6) is 0.897. The highest BCUT2D eigenvalue weighted by Crippen LogP contribution is 2.45. The van der Waals surface area contributed by atoms with Crippen LogP contribution in [0.4, 0.5) is 0 Å². The number of hydrogen-bond acceptors (Lipinski definition) is 15. The van der Waals surface area contributed by atoms with Crippen LogP contribution < -0.4 is 0 Å². The molecule has 0 aliphatic rings. The molecule has 0 spiro atoms. The third-order valence-electron chi connectivity index (χ3n) is 17.7. The first-order valence-electron chi connectivity index (χ1n) is 38.7. The number of ether oxygens (including phenoxy) is 4. The second kappa shape index (κ2) is 64.4. The molecular weight excluding hydrogens is 1230 g/mol. The van der Waals surface area contributed by atoms with Crippen molar-refractivity contribution in [1.82, 2.24) is 0 Å². The molecule has 94 heavy (non-hydrogen) atoms. The van der Waals surface area contributed by atoms with Crippen molar-refractivity contribution >= 4 is 39.5 Å². The summed E-state index contributed by atoms with van der Waals surface area (Å²) >= 11 is 0. The molecule has 0 rings (SSSR count). The molecule has 0 aromatic heterocycles. The van der Waals surface area contributed by atoms with Crippen molar-refractivity contribution < 1.29 is 80.2 Å². The first-order chi connectivity index (χ1) is 45.1. The van der Waals surface area contributed by atoms with Gasteiger partial charge in [-0.1, -0.05) is 325 Å². The van der Waals surface area contributed by atoms with Crippen LogP contribution in [-0.4, -0.2) is 96.7 Å². The van der Waals surface area contributed by atoms with Crippen LogP contribution in [0.15, 0.2) is 0 Å². The van der Waals surface area contributed by atoms with E-state index in [1.807, 2.05) is 0 Å². The topological polar surface area (TPSA) is 237 Å². The summed E-state index contributed by atoms with van der Waals surface area (Å²) in [6.45, 7) is 14.1. The normalized spacial score (nSPS) is 14.4. The summed E-state index contributed by atoms with van der Waals surface area (Å²) < 4.78 is 68.4. The first kappa shape index (κ1) is 92.1. The Balaban J connectivity index is 5.21. The molecule has 6 atom stereocenters. The monoisotopic (exact) mass is 1380 g/mol. The third-order valence-corrected chi connectivity index (χ3v) is 19.6. The lowest BCUT2D eigenvalue weighted by Crippen LogP contribution is -2.30. The Morgan fingerprint density at radius 3 is 0.755 bits per heavy atom. The highest BCUT2D eigenvalue weighted by molar-refractivity contribution is 7.47. The summed E-state index contributed by atoms with van der Waals surface area (Å²) in [5, 5.41) is 10.6. The van der Waals surface area contributed by atoms with Gasteiger partial charge in [0.2, 0.25) is 0 Å². The van der Waals surface area contributed by atoms with Crippen LogP contribution in [0.5, 0.6) is 0 Å². The summed E-state index contributed by atoms with van der Waals surface area (Å²) in [4.78, 5) is 72.7. The van der Waals surface area contributed by atoms with Crippen LogP contribution in [0, 0.1) is 23.7 Å². The van der Waals surface area contributed by atoms with Gasteiger partial charge < -0.3 is 33.8 Å². The number of esters is 4. The number of hydrogen-bond donors (Lipinski definition) is 3. The zero-order chi connectivity index (χ0) is 69.6. The maximum atomic E-state index is 13.1. The molecule has 0 bridgehead atoms. The molecule has 558 valence electrons. The minimum absolute atomic E-state index is 0.106. The SMILES string of the molecule is CCC(C)CCCCCCCCC(=O)OC[C@H](COP(=O)(O)OCC(O)COP(=O)(O)OC[C@@H](COC(=O)CCCCCCCCCC(C)C)OC(=O)CCCCCCCCCCCCCCC(C)C)OC(=O)CCCCCCCCCCCCCCCCCCC(C)C. The van der Waals surface area contributed by atoms with Crippen molar-refractivity contribution in [2.45, 2.75) is 395 Å². The molecule has 0 saturated heterocycles. The summed E-state index contributed by atoms with van der Waals surface area (Å²) in [7, 11) is -9.91. The first-order valence-corrected chi connectivity index (χ1v) is 41.7. The fraction of sp³-hybridized carbons (Fsp3) is 0.947. The molecule has 0 saturated carbocycles. The van der Waals surface area contributed by atoms with Crippen LogP contribution in [0.1, 0.15) is 376 Å². The molecule has 19 heteroatoms. The number of phosphoric ester groups is 2. The highest BCUT2D eigenvalue weighted by atomic mass is 31.2. The number of rotatable bonds is 72. The lowest BCUT2D eigenvalue weighted by molar-refractivity contribution is -0.161. The second-order valence-corrected chi connectivity index (χ2v) is 31.6. The largest absolute Gasteiger partial charge is 0.472 e. The Morgan fingerprint density at radius 1 is 0.298 bits per heavy atom. The van der Waals surface area contributed by atoms with E-state index in [4.69, 9.17) is 37.0 Å². The van der Waals surface area contributed by atoms with Gasteiger partial charge in [-0.2, -0.15) is 0 Å². The summed E-state index contributed by atoms with van der Waals surface area (Å²) in [5.41, 5.74) is 0. The molecule has 4 unspecified atom stereocenters. The summed E-state index contributed by atoms with van der Waals surface area (Å²) in [6.07, 6.45) is 48.7. The van der Waals surface area contributed by atoms with Crippen molar-refractivity contribution in [1.29, 1.82) is 0 Å². The summed E-state index contributed by atoms with van der Waals surface area (Å²) in [6, 6.07) is 0. The van der Waals surface area contributed by atoms with E-state index >= 15 is 0 Å². The Kier molecular flexibility index (Phi) is 63.1. The van der Waals surface area contributed by atoms with Gasteiger partial charge in [0.25, 0.3) is 0 Å². The predicted octanol–water partition coefficient (Wildman–Crippen LogP) is 21.7. The van der Waals surface area contributed by atoms with Gasteiger partial charge in [0, 0.05) is 25.7 Å². The van der Waals surface area contributed by atoms with E-state index in [2.05, 4.69) is 55.4 Å². The van der Waals surface area contributed by atoms with E-state index in [1.165, 1.54) is 167 Å². The van der Waals surface area contributed by atoms with Crippen molar-refractivity contribution in [2.24, 2.45) is 23.7 Å². The minimum Gasteiger partial charge on any atom is -0.462 e. The number of carbonyl (C=O) groups is 4. The van der Waals surface area contributed by atoms with Gasteiger partial charge in [-0.05, 0) is 49.4 Å². The van der Waals surface area contributed by atoms with Crippen molar-refractivity contribution in [3.63, 3.8) is 0 Å². The maximum absolute atomic E-state index is 13.1. The fourth-order valence-corrected chi connectivity index (χ4v) is 12.9. The lowest BCUT2D eigenvalue weighted by Gasteiger charge is -2.21. The molecule has 17 nitrogen and oxygen atoms in total. The lowest BCUT2D eigenvalue weighted by atomic mass is 10.00. The Hall–Kier alpha value is -1.94. The maximum Gasteiger partial charge on any atom is 0.472 e. The predicted molar refractivity (Wildman–Crippen MR) is 381 cm³/mol. The van der Waals surface area contributed by atoms with Gasteiger partial charge in [0.15, 0.2) is 12.2 Å². The molecule has 0 amide bonds. The molecule has 0 aliphatic carbocycles. The van der Waals surface area contributed by atoms with E-state index in [9.17, 15) is 43.2 Å². The van der Waals surface area contributed by atoms with Crippen LogP contribution in [0.2, 0.25) is 0 Å². The standard InChI is InChI=1S/C75H146O17P2/c1-9-68(8)54-46-38-33-34-40-48-56-73(78)86-62-71(92-75(80)57-49-41-30-24-20-15-13-11-10-12-14-18-22-27-35-43-51-65(2)3)64-90-94(83,84)88-60-69(76)59-87-93(81,82)89-63-70(61-85-72(77)55-47-39-32-26-29-37-45-53-67(6)7)91-74(79)58-50-42-31-25-21-17-16-19-23-28-36-44-52-66(4)5/h65-71,76H,9-64H2,1-8H3,(H,81,82)(H,83,84)/t68?,69?,70-,71-/m1/s1. The van der Waals surface area contributed by atoms with Crippen LogP contribution >= 0.6 is 15.6 Å². The average Bonchev–Trinajstić information content (AvgIpc) is 1.18. The number of phosphoric acid groups is 2. The van der Waals surface area contributed by atoms with Crippen molar-refractivity contribution in [2.75, 3.05) is 39.6 Å². The van der Waals surface area contributed by atoms with Gasteiger partial charge >= 0.3 is 39.5 Å². The molecular formula is C75H146O17P2. The van der Waals surface area contributed by atoms with Gasteiger partial charge in [-0.15, -0.1) is 0 Å². The Labute approximate surface area is 575 Å². The molecule has 0 radical (unpaired) electrons. The average molecular weight is 1380 g/mol. The Bertz CT molecular complexity index is 1850.